The van der Waals surface area contributed by atoms with Gasteiger partial charge in [0.1, 0.15) is 10.9 Å². The maximum atomic E-state index is 12.8. The molecule has 148 valence electrons. The summed E-state index contributed by atoms with van der Waals surface area (Å²) < 4.78 is 5.60. The fraction of sp³-hybridized carbons (Fsp3) is 0.286. The topological polar surface area (TPSA) is 99.0 Å². The van der Waals surface area contributed by atoms with Crippen molar-refractivity contribution in [2.75, 3.05) is 7.11 Å². The number of rotatable bonds is 3. The quantitative estimate of drug-likeness (QED) is 0.541. The zero-order valence-electron chi connectivity index (χ0n) is 15.9. The van der Waals surface area contributed by atoms with Crippen molar-refractivity contribution >= 4 is 49.1 Å². The van der Waals surface area contributed by atoms with E-state index < -0.39 is 0 Å². The Balaban J connectivity index is 1.83. The third kappa shape index (κ3) is 3.56. The Morgan fingerprint density at radius 2 is 2.31 bits per heavy atom. The average molecular weight is 472 g/mol. The van der Waals surface area contributed by atoms with Gasteiger partial charge in [-0.15, -0.1) is 11.3 Å². The molecule has 0 spiro atoms. The number of hydrogen-bond donors (Lipinski definition) is 2. The summed E-state index contributed by atoms with van der Waals surface area (Å²) in [5.41, 5.74) is 1.76. The van der Waals surface area contributed by atoms with Crippen molar-refractivity contribution in [1.29, 1.82) is 5.26 Å². The van der Waals surface area contributed by atoms with E-state index in [0.717, 1.165) is 24.8 Å². The van der Waals surface area contributed by atoms with Gasteiger partial charge in [-0.25, -0.2) is 4.98 Å². The molecule has 2 aromatic heterocycles. The van der Waals surface area contributed by atoms with Crippen LogP contribution in [-0.2, 0) is 12.8 Å². The maximum Gasteiger partial charge on any atom is 0.260 e. The minimum atomic E-state index is -0.206. The summed E-state index contributed by atoms with van der Waals surface area (Å²) in [7, 11) is 1.45. The molecular formula is C21H18BrN3O3S. The van der Waals surface area contributed by atoms with Gasteiger partial charge in [0, 0.05) is 4.88 Å². The number of benzene rings is 1. The number of nitriles is 1. The number of H-pyrrole nitrogens is 1. The van der Waals surface area contributed by atoms with Gasteiger partial charge in [0.2, 0.25) is 0 Å². The number of allylic oxidation sites excluding steroid dienone is 1. The van der Waals surface area contributed by atoms with Crippen molar-refractivity contribution in [2.24, 2.45) is 5.92 Å². The highest BCUT2D eigenvalue weighted by molar-refractivity contribution is 9.10. The third-order valence-electron chi connectivity index (χ3n) is 5.12. The van der Waals surface area contributed by atoms with Crippen LogP contribution in [0.4, 0.5) is 0 Å². The summed E-state index contributed by atoms with van der Waals surface area (Å²) >= 11 is 4.82. The van der Waals surface area contributed by atoms with Gasteiger partial charge in [0.25, 0.3) is 5.56 Å². The van der Waals surface area contributed by atoms with Crippen LogP contribution in [0.15, 0.2) is 21.4 Å². The molecule has 6 nitrogen and oxygen atoms in total. The normalized spacial score (nSPS) is 16.5. The highest BCUT2D eigenvalue weighted by Crippen LogP contribution is 2.37. The van der Waals surface area contributed by atoms with E-state index in [4.69, 9.17) is 4.74 Å². The third-order valence-corrected chi connectivity index (χ3v) is 6.88. The fourth-order valence-corrected chi connectivity index (χ4v) is 5.47. The molecule has 0 saturated heterocycles. The number of nitrogens with one attached hydrogen (secondary N) is 1. The van der Waals surface area contributed by atoms with E-state index in [1.54, 1.807) is 29.5 Å². The number of phenols is 1. The predicted octanol–water partition coefficient (Wildman–Crippen LogP) is 4.65. The molecule has 1 unspecified atom stereocenters. The number of aromatic nitrogens is 2. The number of halogens is 1. The SMILES string of the molecule is COc1cc(/C=C(\C#N)c2nc3sc4c(c3c(=O)[nH]2)CCC(C)C4)cc(Br)c1O. The second-order valence-corrected chi connectivity index (χ2v) is 9.11. The molecule has 0 fully saturated rings. The van der Waals surface area contributed by atoms with Crippen LogP contribution in [0.1, 0.15) is 35.2 Å². The molecule has 0 saturated carbocycles. The molecule has 2 N–H and O–H groups in total. The predicted molar refractivity (Wildman–Crippen MR) is 117 cm³/mol. The number of methoxy groups -OCH3 is 1. The molecule has 0 bridgehead atoms. The number of ether oxygens (including phenoxy) is 1. The van der Waals surface area contributed by atoms with Crippen LogP contribution in [0.3, 0.4) is 0 Å². The Morgan fingerprint density at radius 1 is 1.52 bits per heavy atom. The lowest BCUT2D eigenvalue weighted by Crippen LogP contribution is -2.14. The monoisotopic (exact) mass is 471 g/mol. The Bertz CT molecular complexity index is 1250. The molecule has 29 heavy (non-hydrogen) atoms. The minimum absolute atomic E-state index is 0.0190. The minimum Gasteiger partial charge on any atom is -0.503 e. The number of fused-ring (bicyclic) bond motifs is 3. The average Bonchev–Trinajstić information content (AvgIpc) is 3.06. The van der Waals surface area contributed by atoms with Crippen LogP contribution in [-0.4, -0.2) is 22.2 Å². The molecule has 1 aliphatic carbocycles. The summed E-state index contributed by atoms with van der Waals surface area (Å²) in [6.07, 6.45) is 4.53. The van der Waals surface area contributed by atoms with Gasteiger partial charge in [-0.1, -0.05) is 6.92 Å². The first-order valence-corrected chi connectivity index (χ1v) is 10.8. The van der Waals surface area contributed by atoms with Crippen molar-refractivity contribution in [1.82, 2.24) is 9.97 Å². The van der Waals surface area contributed by atoms with E-state index in [9.17, 15) is 15.2 Å². The van der Waals surface area contributed by atoms with Gasteiger partial charge in [0.15, 0.2) is 17.3 Å². The van der Waals surface area contributed by atoms with Crippen LogP contribution in [0.25, 0.3) is 21.9 Å². The molecule has 1 aromatic carbocycles. The Hall–Kier alpha value is -2.63. The van der Waals surface area contributed by atoms with Crippen LogP contribution < -0.4 is 10.3 Å². The van der Waals surface area contributed by atoms with Crippen molar-refractivity contribution in [3.05, 3.63) is 48.8 Å². The molecule has 3 aromatic rings. The summed E-state index contributed by atoms with van der Waals surface area (Å²) in [5, 5.41) is 20.3. The lowest BCUT2D eigenvalue weighted by molar-refractivity contribution is 0.372. The Labute approximate surface area is 179 Å². The maximum absolute atomic E-state index is 12.8. The number of nitrogens with zero attached hydrogens (tertiary/aromatic N) is 2. The van der Waals surface area contributed by atoms with Crippen LogP contribution in [0.2, 0.25) is 0 Å². The second kappa shape index (κ2) is 7.65. The zero-order valence-corrected chi connectivity index (χ0v) is 18.3. The van der Waals surface area contributed by atoms with Crippen molar-refractivity contribution < 1.29 is 9.84 Å². The van der Waals surface area contributed by atoms with E-state index in [2.05, 4.69) is 38.9 Å². The van der Waals surface area contributed by atoms with Crippen molar-refractivity contribution in [3.63, 3.8) is 0 Å². The van der Waals surface area contributed by atoms with Crippen molar-refractivity contribution in [3.8, 4) is 17.6 Å². The Kier molecular flexibility index (Phi) is 5.19. The largest absolute Gasteiger partial charge is 0.503 e. The molecule has 0 amide bonds. The van der Waals surface area contributed by atoms with E-state index in [0.29, 0.717) is 26.2 Å². The van der Waals surface area contributed by atoms with Gasteiger partial charge in [-0.2, -0.15) is 5.26 Å². The van der Waals surface area contributed by atoms with Gasteiger partial charge >= 0.3 is 0 Å². The summed E-state index contributed by atoms with van der Waals surface area (Å²) in [6, 6.07) is 5.39. The van der Waals surface area contributed by atoms with Crippen LogP contribution in [0.5, 0.6) is 11.5 Å². The van der Waals surface area contributed by atoms with Gasteiger partial charge in [-0.3, -0.25) is 4.79 Å². The van der Waals surface area contributed by atoms with E-state index in [1.165, 1.54) is 12.0 Å². The molecule has 4 rings (SSSR count). The number of aryl methyl sites for hydroxylation is 1. The molecule has 1 aliphatic rings. The Morgan fingerprint density at radius 3 is 3.03 bits per heavy atom. The summed E-state index contributed by atoms with van der Waals surface area (Å²) in [4.78, 5) is 22.1. The standard InChI is InChI=1S/C21H18BrN3O3S/c1-10-3-4-13-16(5-10)29-21-17(13)20(27)24-19(25-21)12(9-23)6-11-7-14(22)18(26)15(8-11)28-2/h6-8,10,26H,3-5H2,1-2H3,(H,24,25,27)/b12-6+. The molecule has 0 radical (unpaired) electrons. The van der Waals surface area contributed by atoms with E-state index in [-0.39, 0.29) is 28.5 Å². The van der Waals surface area contributed by atoms with E-state index >= 15 is 0 Å². The summed E-state index contributed by atoms with van der Waals surface area (Å²) in [5.74, 6) is 1.10. The number of aromatic amines is 1. The highest BCUT2D eigenvalue weighted by Gasteiger charge is 2.23. The zero-order chi connectivity index (χ0) is 20.7. The van der Waals surface area contributed by atoms with Crippen molar-refractivity contribution in [2.45, 2.75) is 26.2 Å². The fourth-order valence-electron chi connectivity index (χ4n) is 3.63. The van der Waals surface area contributed by atoms with Crippen LogP contribution in [0, 0.1) is 17.2 Å². The lowest BCUT2D eigenvalue weighted by atomic mass is 9.89. The van der Waals surface area contributed by atoms with Gasteiger partial charge < -0.3 is 14.8 Å². The summed E-state index contributed by atoms with van der Waals surface area (Å²) in [6.45, 7) is 2.22. The second-order valence-electron chi connectivity index (χ2n) is 7.17. The molecule has 0 aliphatic heterocycles. The number of hydrogen-bond acceptors (Lipinski definition) is 6. The highest BCUT2D eigenvalue weighted by atomic mass is 79.9. The van der Waals surface area contributed by atoms with Crippen LogP contribution >= 0.6 is 27.3 Å². The first-order chi connectivity index (χ1) is 13.9. The first kappa shape index (κ1) is 19.7. The molecule has 8 heteroatoms. The first-order valence-electron chi connectivity index (χ1n) is 9.14. The molecular weight excluding hydrogens is 454 g/mol. The van der Waals surface area contributed by atoms with Gasteiger partial charge in [-0.05, 0) is 70.4 Å². The lowest BCUT2D eigenvalue weighted by Gasteiger charge is -2.17. The smallest absolute Gasteiger partial charge is 0.260 e. The molecule has 2 heterocycles. The number of phenolic OH excluding ortho intramolecular Hbond substituents is 1. The number of thiophene rings is 1. The van der Waals surface area contributed by atoms with Gasteiger partial charge in [0.05, 0.1) is 22.5 Å². The van der Waals surface area contributed by atoms with E-state index in [1.807, 2.05) is 0 Å². The number of aromatic hydroxyl groups is 1. The molecule has 1 atom stereocenters.